The summed E-state index contributed by atoms with van der Waals surface area (Å²) in [5.74, 6) is 1.81. The van der Waals surface area contributed by atoms with Crippen LogP contribution >= 0.6 is 11.3 Å². The normalized spacial score (nSPS) is 17.7. The van der Waals surface area contributed by atoms with Crippen LogP contribution in [-0.2, 0) is 6.54 Å². The highest BCUT2D eigenvalue weighted by Gasteiger charge is 2.31. The fourth-order valence-electron chi connectivity index (χ4n) is 3.83. The number of aromatic nitrogens is 2. The minimum atomic E-state index is 0.387. The van der Waals surface area contributed by atoms with Crippen molar-refractivity contribution in [3.63, 3.8) is 0 Å². The van der Waals surface area contributed by atoms with E-state index in [4.69, 9.17) is 9.26 Å². The second kappa shape index (κ2) is 7.21. The largest absolute Gasteiger partial charge is 0.496 e. The Morgan fingerprint density at radius 3 is 2.92 bits per heavy atom. The Morgan fingerprint density at radius 1 is 1.31 bits per heavy atom. The topological polar surface area (TPSA) is 51.4 Å². The van der Waals surface area contributed by atoms with Crippen molar-refractivity contribution in [3.8, 4) is 16.3 Å². The lowest BCUT2D eigenvalue weighted by Gasteiger charge is -2.23. The van der Waals surface area contributed by atoms with Gasteiger partial charge in [0.05, 0.1) is 18.4 Å². The average Bonchev–Trinajstić information content (AvgIpc) is 3.37. The van der Waals surface area contributed by atoms with E-state index in [1.165, 1.54) is 16.9 Å². The Kier molecular flexibility index (Phi) is 4.78. The van der Waals surface area contributed by atoms with Crippen molar-refractivity contribution >= 4 is 11.3 Å². The third-order valence-electron chi connectivity index (χ3n) is 5.04. The zero-order valence-electron chi connectivity index (χ0n) is 15.4. The maximum Gasteiger partial charge on any atom is 0.138 e. The fraction of sp³-hybridized carbons (Fsp3) is 0.400. The van der Waals surface area contributed by atoms with Crippen molar-refractivity contribution in [2.24, 2.45) is 0 Å². The summed E-state index contributed by atoms with van der Waals surface area (Å²) < 4.78 is 10.9. The summed E-state index contributed by atoms with van der Waals surface area (Å²) in [4.78, 5) is 8.43. The van der Waals surface area contributed by atoms with Gasteiger partial charge in [0.1, 0.15) is 16.5 Å². The van der Waals surface area contributed by atoms with E-state index >= 15 is 0 Å². The molecular formula is C20H23N3O2S. The number of hydrogen-bond acceptors (Lipinski definition) is 6. The molecule has 5 nitrogen and oxygen atoms in total. The summed E-state index contributed by atoms with van der Waals surface area (Å²) in [7, 11) is 1.70. The van der Waals surface area contributed by atoms with Gasteiger partial charge in [-0.05, 0) is 45.4 Å². The molecule has 0 aliphatic carbocycles. The maximum absolute atomic E-state index is 5.47. The smallest absolute Gasteiger partial charge is 0.138 e. The molecule has 4 rings (SSSR count). The van der Waals surface area contributed by atoms with Gasteiger partial charge >= 0.3 is 0 Å². The molecule has 0 bridgehead atoms. The zero-order valence-corrected chi connectivity index (χ0v) is 16.2. The number of para-hydroxylation sites is 1. The van der Waals surface area contributed by atoms with Gasteiger partial charge in [-0.3, -0.25) is 4.90 Å². The molecule has 0 N–H and O–H groups in total. The van der Waals surface area contributed by atoms with Gasteiger partial charge in [0.15, 0.2) is 0 Å². The van der Waals surface area contributed by atoms with Gasteiger partial charge in [-0.2, -0.15) is 0 Å². The summed E-state index contributed by atoms with van der Waals surface area (Å²) >= 11 is 1.74. The van der Waals surface area contributed by atoms with E-state index in [1.54, 1.807) is 18.4 Å². The summed E-state index contributed by atoms with van der Waals surface area (Å²) in [6, 6.07) is 8.43. The van der Waals surface area contributed by atoms with Crippen molar-refractivity contribution in [1.29, 1.82) is 0 Å². The van der Waals surface area contributed by atoms with Gasteiger partial charge < -0.3 is 9.26 Å². The van der Waals surface area contributed by atoms with E-state index in [2.05, 4.69) is 21.1 Å². The van der Waals surface area contributed by atoms with Gasteiger partial charge in [0.2, 0.25) is 0 Å². The van der Waals surface area contributed by atoms with Crippen LogP contribution in [0.1, 0.15) is 40.8 Å². The van der Waals surface area contributed by atoms with Gasteiger partial charge in [0, 0.05) is 29.2 Å². The molecular weight excluding hydrogens is 346 g/mol. The van der Waals surface area contributed by atoms with E-state index in [0.717, 1.165) is 47.3 Å². The first kappa shape index (κ1) is 17.2. The highest BCUT2D eigenvalue weighted by atomic mass is 32.1. The molecule has 1 aliphatic heterocycles. The Balaban J connectivity index is 1.55. The quantitative estimate of drug-likeness (QED) is 0.649. The Hall–Kier alpha value is -2.18. The van der Waals surface area contributed by atoms with Crippen LogP contribution in [0.3, 0.4) is 0 Å². The van der Waals surface area contributed by atoms with Gasteiger partial charge in [-0.25, -0.2) is 4.98 Å². The average molecular weight is 369 g/mol. The van der Waals surface area contributed by atoms with Crippen LogP contribution in [0, 0.1) is 13.8 Å². The first-order chi connectivity index (χ1) is 12.7. The molecule has 3 aromatic rings. The third kappa shape index (κ3) is 3.15. The Bertz CT molecular complexity index is 883. The van der Waals surface area contributed by atoms with Crippen molar-refractivity contribution in [1.82, 2.24) is 15.0 Å². The van der Waals surface area contributed by atoms with E-state index in [9.17, 15) is 0 Å². The van der Waals surface area contributed by atoms with Crippen molar-refractivity contribution < 1.29 is 9.26 Å². The second-order valence-electron chi connectivity index (χ2n) is 6.70. The number of nitrogens with zero attached hydrogens (tertiary/aromatic N) is 3. The molecule has 0 unspecified atom stereocenters. The predicted octanol–water partition coefficient (Wildman–Crippen LogP) is 4.76. The lowest BCUT2D eigenvalue weighted by atomic mass is 10.0. The lowest BCUT2D eigenvalue weighted by Crippen LogP contribution is -2.23. The second-order valence-corrected chi connectivity index (χ2v) is 7.81. The minimum Gasteiger partial charge on any atom is -0.496 e. The van der Waals surface area contributed by atoms with E-state index < -0.39 is 0 Å². The number of benzene rings is 1. The third-order valence-corrected chi connectivity index (χ3v) is 6.05. The Morgan fingerprint density at radius 2 is 2.15 bits per heavy atom. The molecule has 1 aromatic carbocycles. The fourth-order valence-corrected chi connectivity index (χ4v) is 4.80. The zero-order chi connectivity index (χ0) is 18.1. The first-order valence-corrected chi connectivity index (χ1v) is 9.74. The molecule has 1 aliphatic rings. The van der Waals surface area contributed by atoms with Crippen LogP contribution < -0.4 is 4.74 Å². The predicted molar refractivity (Wildman–Crippen MR) is 102 cm³/mol. The highest BCUT2D eigenvalue weighted by molar-refractivity contribution is 7.15. The molecule has 0 saturated carbocycles. The summed E-state index contributed by atoms with van der Waals surface area (Å²) in [6.45, 7) is 6.05. The molecule has 136 valence electrons. The number of likely N-dealkylation sites (tertiary alicyclic amines) is 1. The molecule has 2 aromatic heterocycles. The number of thiazole rings is 1. The monoisotopic (exact) mass is 369 g/mol. The van der Waals surface area contributed by atoms with Crippen molar-refractivity contribution in [2.45, 2.75) is 39.3 Å². The highest BCUT2D eigenvalue weighted by Crippen LogP contribution is 2.38. The number of methoxy groups -OCH3 is 1. The molecule has 3 heterocycles. The standard InChI is InChI=1S/C20H23N3O2S/c1-13-19(14(2)25-22-13)17-8-6-10-23(17)12-15-11-21-20(26-15)16-7-4-5-9-18(16)24-3/h4-5,7,9,11,17H,6,8,10,12H2,1-3H3/t17-/m1/s1. The van der Waals surface area contributed by atoms with Crippen LogP contribution in [-0.4, -0.2) is 28.7 Å². The SMILES string of the molecule is COc1ccccc1-c1ncc(CN2CCC[C@@H]2c2c(C)noc2C)s1. The summed E-state index contributed by atoms with van der Waals surface area (Å²) in [6.07, 6.45) is 4.35. The van der Waals surface area contributed by atoms with E-state index in [-0.39, 0.29) is 0 Å². The maximum atomic E-state index is 5.47. The molecule has 0 radical (unpaired) electrons. The molecule has 1 fully saturated rings. The molecule has 1 atom stereocenters. The van der Waals surface area contributed by atoms with Crippen LogP contribution in [0.4, 0.5) is 0 Å². The Labute approximate surface area is 157 Å². The molecule has 26 heavy (non-hydrogen) atoms. The van der Waals surface area contributed by atoms with E-state index in [1.807, 2.05) is 38.2 Å². The molecule has 0 spiro atoms. The van der Waals surface area contributed by atoms with Crippen LogP contribution in [0.15, 0.2) is 35.0 Å². The summed E-state index contributed by atoms with van der Waals surface area (Å²) in [5, 5.41) is 5.14. The molecule has 0 amide bonds. The first-order valence-electron chi connectivity index (χ1n) is 8.92. The van der Waals surface area contributed by atoms with Gasteiger partial charge in [0.25, 0.3) is 0 Å². The van der Waals surface area contributed by atoms with Crippen LogP contribution in [0.5, 0.6) is 5.75 Å². The van der Waals surface area contributed by atoms with E-state index in [0.29, 0.717) is 6.04 Å². The number of rotatable bonds is 5. The lowest BCUT2D eigenvalue weighted by molar-refractivity contribution is 0.247. The van der Waals surface area contributed by atoms with Crippen LogP contribution in [0.2, 0.25) is 0 Å². The number of hydrogen-bond donors (Lipinski definition) is 0. The van der Waals surface area contributed by atoms with Crippen LogP contribution in [0.25, 0.3) is 10.6 Å². The number of ether oxygens (including phenoxy) is 1. The van der Waals surface area contributed by atoms with Crippen molar-refractivity contribution in [2.75, 3.05) is 13.7 Å². The van der Waals surface area contributed by atoms with Crippen molar-refractivity contribution in [3.05, 3.63) is 52.4 Å². The number of aryl methyl sites for hydroxylation is 2. The molecule has 6 heteroatoms. The minimum absolute atomic E-state index is 0.387. The molecule has 1 saturated heterocycles. The van der Waals surface area contributed by atoms with Gasteiger partial charge in [-0.1, -0.05) is 17.3 Å². The van der Waals surface area contributed by atoms with Gasteiger partial charge in [-0.15, -0.1) is 11.3 Å². The summed E-state index contributed by atoms with van der Waals surface area (Å²) in [5.41, 5.74) is 3.32.